The first-order valence-corrected chi connectivity index (χ1v) is 9.46. The van der Waals surface area contributed by atoms with Crippen LogP contribution in [0.5, 0.6) is 0 Å². The number of carbonyl (C=O) groups excluding carboxylic acids is 2. The van der Waals surface area contributed by atoms with Crippen LogP contribution >= 0.6 is 0 Å². The van der Waals surface area contributed by atoms with Crippen molar-refractivity contribution in [2.75, 3.05) is 30.4 Å². The van der Waals surface area contributed by atoms with Crippen LogP contribution in [0.4, 0.5) is 16.2 Å². The van der Waals surface area contributed by atoms with Gasteiger partial charge in [0.25, 0.3) is 5.91 Å². The van der Waals surface area contributed by atoms with E-state index in [4.69, 9.17) is 13.9 Å². The zero-order chi connectivity index (χ0) is 19.3. The van der Waals surface area contributed by atoms with E-state index in [2.05, 4.69) is 10.6 Å². The first-order chi connectivity index (χ1) is 13.7. The molecule has 2 fully saturated rings. The molecule has 148 valence electrons. The largest absolute Gasteiger partial charge is 0.459 e. The van der Waals surface area contributed by atoms with E-state index >= 15 is 0 Å². The van der Waals surface area contributed by atoms with Crippen molar-refractivity contribution in [1.82, 2.24) is 4.90 Å². The minimum Gasteiger partial charge on any atom is -0.459 e. The molecule has 2 aliphatic rings. The van der Waals surface area contributed by atoms with Gasteiger partial charge in [0.1, 0.15) is 0 Å². The highest BCUT2D eigenvalue weighted by Crippen LogP contribution is 2.25. The Morgan fingerprint density at radius 2 is 1.79 bits per heavy atom. The number of rotatable bonds is 4. The lowest BCUT2D eigenvalue weighted by atomic mass is 10.0. The molecule has 3 heterocycles. The van der Waals surface area contributed by atoms with Crippen molar-refractivity contribution in [1.29, 1.82) is 0 Å². The number of urea groups is 1. The number of carbonyl (C=O) groups is 2. The van der Waals surface area contributed by atoms with Crippen molar-refractivity contribution in [3.63, 3.8) is 0 Å². The number of furan rings is 1. The summed E-state index contributed by atoms with van der Waals surface area (Å²) in [6.45, 7) is 1.79. The van der Waals surface area contributed by atoms with Crippen molar-refractivity contribution in [3.8, 4) is 0 Å². The number of nitrogens with zero attached hydrogens (tertiary/aromatic N) is 1. The lowest BCUT2D eigenvalue weighted by Gasteiger charge is -2.37. The molecular weight excluding hydrogens is 362 g/mol. The average molecular weight is 385 g/mol. The summed E-state index contributed by atoms with van der Waals surface area (Å²) in [4.78, 5) is 26.8. The first kappa shape index (κ1) is 18.5. The first-order valence-electron chi connectivity index (χ1n) is 9.46. The van der Waals surface area contributed by atoms with Crippen LogP contribution < -0.4 is 10.6 Å². The van der Waals surface area contributed by atoms with E-state index in [1.54, 1.807) is 41.3 Å². The van der Waals surface area contributed by atoms with Crippen LogP contribution in [0.2, 0.25) is 0 Å². The number of anilines is 2. The Labute approximate surface area is 162 Å². The van der Waals surface area contributed by atoms with Crippen molar-refractivity contribution < 1.29 is 23.5 Å². The monoisotopic (exact) mass is 385 g/mol. The Hall–Kier alpha value is -2.84. The Morgan fingerprint density at radius 1 is 1.00 bits per heavy atom. The molecule has 28 heavy (non-hydrogen) atoms. The molecule has 4 rings (SSSR count). The van der Waals surface area contributed by atoms with E-state index in [1.807, 2.05) is 0 Å². The molecule has 0 spiro atoms. The van der Waals surface area contributed by atoms with Crippen molar-refractivity contribution in [3.05, 3.63) is 48.4 Å². The molecule has 3 amide bonds. The third-order valence-corrected chi connectivity index (χ3v) is 4.89. The van der Waals surface area contributed by atoms with E-state index in [0.29, 0.717) is 31.1 Å². The summed E-state index contributed by atoms with van der Waals surface area (Å²) in [7, 11) is 0. The lowest BCUT2D eigenvalue weighted by molar-refractivity contribution is -0.0973. The van der Waals surface area contributed by atoms with Crippen LogP contribution in [0, 0.1) is 0 Å². The van der Waals surface area contributed by atoms with E-state index in [-0.39, 0.29) is 30.0 Å². The van der Waals surface area contributed by atoms with Crippen LogP contribution in [0.25, 0.3) is 0 Å². The highest BCUT2D eigenvalue weighted by atomic mass is 16.7. The molecule has 2 aliphatic heterocycles. The van der Waals surface area contributed by atoms with E-state index in [1.165, 1.54) is 6.26 Å². The van der Waals surface area contributed by atoms with Gasteiger partial charge in [0, 0.05) is 17.9 Å². The molecule has 8 nitrogen and oxygen atoms in total. The number of likely N-dealkylation sites (tertiary alicyclic amines) is 1. The van der Waals surface area contributed by atoms with Crippen LogP contribution in [-0.4, -0.2) is 48.9 Å². The quantitative estimate of drug-likeness (QED) is 0.842. The fourth-order valence-electron chi connectivity index (χ4n) is 3.56. The highest BCUT2D eigenvalue weighted by molar-refractivity contribution is 6.02. The molecule has 1 aromatic carbocycles. The number of ether oxygens (including phenoxy) is 2. The molecule has 1 atom stereocenters. The Balaban J connectivity index is 1.41. The molecule has 2 saturated heterocycles. The van der Waals surface area contributed by atoms with Crippen LogP contribution in [0.3, 0.4) is 0 Å². The lowest BCUT2D eigenvalue weighted by Crippen LogP contribution is -2.51. The molecule has 2 N–H and O–H groups in total. The third-order valence-electron chi connectivity index (χ3n) is 4.89. The maximum absolute atomic E-state index is 12.9. The van der Waals surface area contributed by atoms with E-state index in [0.717, 1.165) is 19.3 Å². The Kier molecular flexibility index (Phi) is 5.59. The summed E-state index contributed by atoms with van der Waals surface area (Å²) in [6, 6.07) is 9.96. The summed E-state index contributed by atoms with van der Waals surface area (Å²) in [6.07, 6.45) is 3.95. The maximum Gasteiger partial charge on any atom is 0.322 e. The van der Waals surface area contributed by atoms with Gasteiger partial charge in [-0.15, -0.1) is 0 Å². The molecule has 0 bridgehead atoms. The van der Waals surface area contributed by atoms with Crippen molar-refractivity contribution in [2.24, 2.45) is 0 Å². The third kappa shape index (κ3) is 4.18. The summed E-state index contributed by atoms with van der Waals surface area (Å²) in [5, 5.41) is 5.67. The van der Waals surface area contributed by atoms with Crippen LogP contribution in [-0.2, 0) is 9.47 Å². The fraction of sp³-hybridized carbons (Fsp3) is 0.400. The SMILES string of the molecule is O=C(Nc1cccc(NC(=O)N2CCCC[C@H]2C2OCCO2)c1)c1ccco1. The number of benzene rings is 1. The van der Waals surface area contributed by atoms with E-state index < -0.39 is 0 Å². The van der Waals surface area contributed by atoms with Gasteiger partial charge in [0.2, 0.25) is 0 Å². The zero-order valence-electron chi connectivity index (χ0n) is 15.4. The number of amides is 3. The van der Waals surface area contributed by atoms with Gasteiger partial charge < -0.3 is 29.4 Å². The minimum atomic E-state index is -0.357. The van der Waals surface area contributed by atoms with Gasteiger partial charge in [-0.05, 0) is 49.6 Å². The number of nitrogens with one attached hydrogen (secondary N) is 2. The zero-order valence-corrected chi connectivity index (χ0v) is 15.4. The van der Waals surface area contributed by atoms with Crippen LogP contribution in [0.1, 0.15) is 29.8 Å². The molecule has 0 unspecified atom stereocenters. The molecule has 1 aromatic heterocycles. The molecular formula is C20H23N3O5. The van der Waals surface area contributed by atoms with Crippen LogP contribution in [0.15, 0.2) is 47.1 Å². The molecule has 0 radical (unpaired) electrons. The van der Waals surface area contributed by atoms with Crippen molar-refractivity contribution >= 4 is 23.3 Å². The molecule has 0 aliphatic carbocycles. The minimum absolute atomic E-state index is 0.0851. The Bertz CT molecular complexity index is 817. The standard InChI is InChI=1S/C20H23N3O5/c24-18(17-8-4-10-26-17)21-14-5-3-6-15(13-14)22-20(25)23-9-2-1-7-16(23)19-27-11-12-28-19/h3-6,8,10,13,16,19H,1-2,7,9,11-12H2,(H,21,24)(H,22,25)/t16-/m0/s1. The second-order valence-corrected chi connectivity index (χ2v) is 6.81. The summed E-state index contributed by atoms with van der Waals surface area (Å²) >= 11 is 0. The number of piperidine rings is 1. The predicted octanol–water partition coefficient (Wildman–Crippen LogP) is 3.29. The maximum atomic E-state index is 12.9. The summed E-state index contributed by atoms with van der Waals surface area (Å²) < 4.78 is 16.3. The number of hydrogen-bond acceptors (Lipinski definition) is 5. The normalized spacial score (nSPS) is 20.1. The fourth-order valence-corrected chi connectivity index (χ4v) is 3.56. The second kappa shape index (κ2) is 8.45. The second-order valence-electron chi connectivity index (χ2n) is 6.81. The molecule has 8 heteroatoms. The highest BCUT2D eigenvalue weighted by Gasteiger charge is 2.36. The van der Waals surface area contributed by atoms with Gasteiger partial charge in [-0.1, -0.05) is 6.07 Å². The van der Waals surface area contributed by atoms with Gasteiger partial charge in [0.05, 0.1) is 25.5 Å². The Morgan fingerprint density at radius 3 is 2.54 bits per heavy atom. The number of hydrogen-bond donors (Lipinski definition) is 2. The van der Waals surface area contributed by atoms with Gasteiger partial charge >= 0.3 is 6.03 Å². The van der Waals surface area contributed by atoms with Gasteiger partial charge in [-0.2, -0.15) is 0 Å². The average Bonchev–Trinajstić information content (AvgIpc) is 3.42. The topological polar surface area (TPSA) is 93.0 Å². The summed E-state index contributed by atoms with van der Waals surface area (Å²) in [5.41, 5.74) is 1.16. The van der Waals surface area contributed by atoms with Crippen molar-refractivity contribution in [2.45, 2.75) is 31.6 Å². The smallest absolute Gasteiger partial charge is 0.322 e. The van der Waals surface area contributed by atoms with Gasteiger partial charge in [0.15, 0.2) is 12.1 Å². The predicted molar refractivity (Wildman–Crippen MR) is 102 cm³/mol. The summed E-state index contributed by atoms with van der Waals surface area (Å²) in [5.74, 6) is -0.123. The van der Waals surface area contributed by atoms with Gasteiger partial charge in [-0.25, -0.2) is 4.79 Å². The molecule has 0 saturated carbocycles. The van der Waals surface area contributed by atoms with E-state index in [9.17, 15) is 9.59 Å². The van der Waals surface area contributed by atoms with Gasteiger partial charge in [-0.3, -0.25) is 4.79 Å². The molecule has 2 aromatic rings.